The molecule has 0 N–H and O–H groups in total. The van der Waals surface area contributed by atoms with Crippen LogP contribution in [0.3, 0.4) is 0 Å². The number of likely N-dealkylation sites (tertiary alicyclic amines) is 1. The fourth-order valence-corrected chi connectivity index (χ4v) is 3.28. The van der Waals surface area contributed by atoms with E-state index in [-0.39, 0.29) is 17.8 Å². The highest BCUT2D eigenvalue weighted by molar-refractivity contribution is 5.92. The molecular weight excluding hydrogens is 338 g/mol. The van der Waals surface area contributed by atoms with Crippen LogP contribution in [0, 0.1) is 19.8 Å². The van der Waals surface area contributed by atoms with E-state index >= 15 is 0 Å². The van der Waals surface area contributed by atoms with Crippen LogP contribution in [-0.4, -0.2) is 29.9 Å². The second-order valence-corrected chi connectivity index (χ2v) is 7.03. The molecule has 0 saturated carbocycles. The number of benzene rings is 2. The molecule has 0 bridgehead atoms. The predicted molar refractivity (Wildman–Crippen MR) is 106 cm³/mol. The standard InChI is InChI=1S/C23H25NO3/c1-17-8-10-21(18(2)16-17)27-23(26)20-12-14-24(15-13-20)22(25)11-9-19-6-4-3-5-7-19/h3-11,16,20H,12-15H2,1-2H3/b11-9+. The first kappa shape index (κ1) is 18.9. The maximum Gasteiger partial charge on any atom is 0.314 e. The maximum atomic E-state index is 12.5. The summed E-state index contributed by atoms with van der Waals surface area (Å²) >= 11 is 0. The van der Waals surface area contributed by atoms with Crippen LogP contribution in [0.15, 0.2) is 54.6 Å². The van der Waals surface area contributed by atoms with Crippen molar-refractivity contribution < 1.29 is 14.3 Å². The first-order valence-electron chi connectivity index (χ1n) is 9.34. The van der Waals surface area contributed by atoms with Crippen molar-refractivity contribution in [1.82, 2.24) is 4.90 Å². The lowest BCUT2D eigenvalue weighted by Crippen LogP contribution is -2.40. The van der Waals surface area contributed by atoms with Crippen LogP contribution >= 0.6 is 0 Å². The molecule has 0 aromatic heterocycles. The molecule has 2 aromatic carbocycles. The smallest absolute Gasteiger partial charge is 0.314 e. The number of carbonyl (C=O) groups excluding carboxylic acids is 2. The largest absolute Gasteiger partial charge is 0.426 e. The number of amides is 1. The summed E-state index contributed by atoms with van der Waals surface area (Å²) in [6.07, 6.45) is 4.69. The summed E-state index contributed by atoms with van der Waals surface area (Å²) in [4.78, 5) is 26.6. The zero-order valence-corrected chi connectivity index (χ0v) is 15.9. The van der Waals surface area contributed by atoms with Crippen molar-refractivity contribution >= 4 is 18.0 Å². The van der Waals surface area contributed by atoms with Gasteiger partial charge in [0.15, 0.2) is 0 Å². The third-order valence-corrected chi connectivity index (χ3v) is 4.90. The van der Waals surface area contributed by atoms with Crippen molar-refractivity contribution in [3.63, 3.8) is 0 Å². The van der Waals surface area contributed by atoms with Crippen LogP contribution in [0.5, 0.6) is 5.75 Å². The number of carbonyl (C=O) groups is 2. The van der Waals surface area contributed by atoms with E-state index in [1.54, 1.807) is 11.0 Å². The average molecular weight is 363 g/mol. The first-order valence-corrected chi connectivity index (χ1v) is 9.34. The van der Waals surface area contributed by atoms with E-state index in [0.717, 1.165) is 16.7 Å². The number of aryl methyl sites for hydroxylation is 2. The number of piperidine rings is 1. The van der Waals surface area contributed by atoms with E-state index in [1.807, 2.05) is 68.5 Å². The van der Waals surface area contributed by atoms with Gasteiger partial charge in [-0.05, 0) is 50.0 Å². The summed E-state index contributed by atoms with van der Waals surface area (Å²) in [5.41, 5.74) is 3.10. The van der Waals surface area contributed by atoms with Gasteiger partial charge in [-0.25, -0.2) is 0 Å². The van der Waals surface area contributed by atoms with Gasteiger partial charge in [0.05, 0.1) is 5.92 Å². The van der Waals surface area contributed by atoms with Crippen molar-refractivity contribution in [1.29, 1.82) is 0 Å². The molecule has 0 unspecified atom stereocenters. The van der Waals surface area contributed by atoms with E-state index in [0.29, 0.717) is 31.7 Å². The molecule has 1 heterocycles. The van der Waals surface area contributed by atoms with Crippen LogP contribution in [0.4, 0.5) is 0 Å². The molecule has 3 rings (SSSR count). The molecule has 4 nitrogen and oxygen atoms in total. The summed E-state index contributed by atoms with van der Waals surface area (Å²) in [7, 11) is 0. The zero-order chi connectivity index (χ0) is 19.2. The Morgan fingerprint density at radius 3 is 2.41 bits per heavy atom. The molecule has 1 aliphatic rings. The van der Waals surface area contributed by atoms with Crippen molar-refractivity contribution in [3.05, 3.63) is 71.3 Å². The van der Waals surface area contributed by atoms with Gasteiger partial charge in [-0.1, -0.05) is 48.0 Å². The monoisotopic (exact) mass is 363 g/mol. The number of nitrogens with zero attached hydrogens (tertiary/aromatic N) is 1. The predicted octanol–water partition coefficient (Wildman–Crippen LogP) is 4.16. The Kier molecular flexibility index (Phi) is 6.07. The van der Waals surface area contributed by atoms with Crippen LogP contribution in [0.2, 0.25) is 0 Å². The molecule has 1 fully saturated rings. The molecule has 0 spiro atoms. The van der Waals surface area contributed by atoms with Gasteiger partial charge in [-0.15, -0.1) is 0 Å². The number of ether oxygens (including phenoxy) is 1. The summed E-state index contributed by atoms with van der Waals surface area (Å²) in [6, 6.07) is 15.5. The molecule has 1 amide bonds. The average Bonchev–Trinajstić information content (AvgIpc) is 2.69. The van der Waals surface area contributed by atoms with Gasteiger partial charge in [-0.2, -0.15) is 0 Å². The van der Waals surface area contributed by atoms with Crippen molar-refractivity contribution in [3.8, 4) is 5.75 Å². The SMILES string of the molecule is Cc1ccc(OC(=O)C2CCN(C(=O)/C=C/c3ccccc3)CC2)c(C)c1. The number of hydrogen-bond donors (Lipinski definition) is 0. The van der Waals surface area contributed by atoms with E-state index < -0.39 is 0 Å². The zero-order valence-electron chi connectivity index (χ0n) is 15.9. The van der Waals surface area contributed by atoms with Gasteiger partial charge in [0.1, 0.15) is 5.75 Å². The molecule has 0 atom stereocenters. The lowest BCUT2D eigenvalue weighted by atomic mass is 9.97. The van der Waals surface area contributed by atoms with E-state index in [2.05, 4.69) is 0 Å². The molecule has 1 saturated heterocycles. The van der Waals surface area contributed by atoms with E-state index in [9.17, 15) is 9.59 Å². The van der Waals surface area contributed by atoms with Crippen LogP contribution < -0.4 is 4.74 Å². The van der Waals surface area contributed by atoms with Crippen molar-refractivity contribution in [2.24, 2.45) is 5.92 Å². The minimum atomic E-state index is -0.200. The van der Waals surface area contributed by atoms with Gasteiger partial charge in [-0.3, -0.25) is 9.59 Å². The number of esters is 1. The second kappa shape index (κ2) is 8.67. The molecule has 0 radical (unpaired) electrons. The Morgan fingerprint density at radius 2 is 1.74 bits per heavy atom. The van der Waals surface area contributed by atoms with Gasteiger partial charge in [0.25, 0.3) is 0 Å². The fourth-order valence-electron chi connectivity index (χ4n) is 3.28. The number of hydrogen-bond acceptors (Lipinski definition) is 3. The fraction of sp³-hybridized carbons (Fsp3) is 0.304. The lowest BCUT2D eigenvalue weighted by molar-refractivity contribution is -0.142. The van der Waals surface area contributed by atoms with Gasteiger partial charge in [0.2, 0.25) is 5.91 Å². The summed E-state index contributed by atoms with van der Waals surface area (Å²) in [5, 5.41) is 0. The Hall–Kier alpha value is -2.88. The highest BCUT2D eigenvalue weighted by atomic mass is 16.5. The Bertz CT molecular complexity index is 834. The normalized spacial score (nSPS) is 15.1. The van der Waals surface area contributed by atoms with Crippen molar-refractivity contribution in [2.75, 3.05) is 13.1 Å². The summed E-state index contributed by atoms with van der Waals surface area (Å²) in [6.45, 7) is 5.10. The Labute approximate surface area is 160 Å². The number of rotatable bonds is 4. The first-order chi connectivity index (χ1) is 13.0. The Balaban J connectivity index is 1.51. The van der Waals surface area contributed by atoms with Crippen LogP contribution in [-0.2, 0) is 9.59 Å². The van der Waals surface area contributed by atoms with Crippen LogP contribution in [0.25, 0.3) is 6.08 Å². The maximum absolute atomic E-state index is 12.5. The molecule has 0 aliphatic carbocycles. The quantitative estimate of drug-likeness (QED) is 0.465. The molecule has 2 aromatic rings. The van der Waals surface area contributed by atoms with E-state index in [1.165, 1.54) is 0 Å². The minimum absolute atomic E-state index is 0.0138. The molecule has 1 aliphatic heterocycles. The summed E-state index contributed by atoms with van der Waals surface area (Å²) < 4.78 is 5.58. The molecular formula is C23H25NO3. The van der Waals surface area contributed by atoms with Crippen LogP contribution in [0.1, 0.15) is 29.5 Å². The third-order valence-electron chi connectivity index (χ3n) is 4.90. The van der Waals surface area contributed by atoms with E-state index in [4.69, 9.17) is 4.74 Å². The molecule has 27 heavy (non-hydrogen) atoms. The lowest BCUT2D eigenvalue weighted by Gasteiger charge is -2.30. The minimum Gasteiger partial charge on any atom is -0.426 e. The van der Waals surface area contributed by atoms with Gasteiger partial charge >= 0.3 is 5.97 Å². The highest BCUT2D eigenvalue weighted by Gasteiger charge is 2.28. The Morgan fingerprint density at radius 1 is 1.04 bits per heavy atom. The summed E-state index contributed by atoms with van der Waals surface area (Å²) in [5.74, 6) is 0.247. The molecule has 4 heteroatoms. The topological polar surface area (TPSA) is 46.6 Å². The van der Waals surface area contributed by atoms with Crippen molar-refractivity contribution in [2.45, 2.75) is 26.7 Å². The second-order valence-electron chi connectivity index (χ2n) is 7.03. The third kappa shape index (κ3) is 5.07. The van der Waals surface area contributed by atoms with Gasteiger partial charge < -0.3 is 9.64 Å². The van der Waals surface area contributed by atoms with Gasteiger partial charge in [0, 0.05) is 19.2 Å². The highest BCUT2D eigenvalue weighted by Crippen LogP contribution is 2.24. The molecule has 140 valence electrons.